The van der Waals surface area contributed by atoms with Crippen molar-refractivity contribution in [1.82, 2.24) is 0 Å². The van der Waals surface area contributed by atoms with Gasteiger partial charge in [-0.15, -0.1) is 0 Å². The fourth-order valence-electron chi connectivity index (χ4n) is 0.987. The molecular formula is C10H15BO. The lowest BCUT2D eigenvalue weighted by Gasteiger charge is -2.05. The Hall–Kier alpha value is -0.755. The first kappa shape index (κ1) is 9.33. The summed E-state index contributed by atoms with van der Waals surface area (Å²) in [5.74, 6) is 0.619. The van der Waals surface area contributed by atoms with E-state index in [1.54, 1.807) is 0 Å². The van der Waals surface area contributed by atoms with Crippen LogP contribution in [0.25, 0.3) is 0 Å². The van der Waals surface area contributed by atoms with E-state index in [1.807, 2.05) is 18.2 Å². The van der Waals surface area contributed by atoms with Gasteiger partial charge in [0.1, 0.15) is 7.85 Å². The standard InChI is InChI=1S/C10H15BO/c1-9(11)7-12-8-10-5-3-2-4-6-10/h2-6,9H,7-8,11H2,1H3/t9-/m1/s1. The van der Waals surface area contributed by atoms with E-state index in [1.165, 1.54) is 5.56 Å². The number of hydrogen-bond donors (Lipinski definition) is 0. The van der Waals surface area contributed by atoms with E-state index in [-0.39, 0.29) is 0 Å². The third-order valence-electron chi connectivity index (χ3n) is 1.56. The number of rotatable bonds is 4. The molecule has 0 aliphatic carbocycles. The van der Waals surface area contributed by atoms with Crippen molar-refractivity contribution in [3.05, 3.63) is 35.9 Å². The van der Waals surface area contributed by atoms with Gasteiger partial charge < -0.3 is 4.74 Å². The normalized spacial score (nSPS) is 12.8. The molecule has 0 heterocycles. The zero-order valence-electron chi connectivity index (χ0n) is 7.79. The van der Waals surface area contributed by atoms with Crippen LogP contribution in [0.3, 0.4) is 0 Å². The SMILES string of the molecule is B[C@H](C)COCc1ccccc1. The number of hydrogen-bond acceptors (Lipinski definition) is 1. The maximum Gasteiger partial charge on any atom is 0.108 e. The number of benzene rings is 1. The van der Waals surface area contributed by atoms with Crippen molar-refractivity contribution >= 4 is 7.85 Å². The molecule has 2 heteroatoms. The lowest BCUT2D eigenvalue weighted by atomic mass is 9.91. The zero-order valence-corrected chi connectivity index (χ0v) is 7.79. The highest BCUT2D eigenvalue weighted by Crippen LogP contribution is 2.03. The molecule has 0 radical (unpaired) electrons. The van der Waals surface area contributed by atoms with E-state index in [9.17, 15) is 0 Å². The summed E-state index contributed by atoms with van der Waals surface area (Å²) in [5, 5.41) is 0. The first-order valence-corrected chi connectivity index (χ1v) is 4.40. The summed E-state index contributed by atoms with van der Waals surface area (Å²) in [5.41, 5.74) is 1.25. The van der Waals surface area contributed by atoms with Crippen LogP contribution in [0.5, 0.6) is 0 Å². The minimum Gasteiger partial charge on any atom is -0.377 e. The van der Waals surface area contributed by atoms with Gasteiger partial charge in [0.05, 0.1) is 6.61 Å². The Kier molecular flexibility index (Phi) is 3.88. The Morgan fingerprint density at radius 2 is 2.00 bits per heavy atom. The molecule has 64 valence electrons. The molecule has 0 saturated heterocycles. The van der Waals surface area contributed by atoms with Crippen LogP contribution in [-0.2, 0) is 11.3 Å². The van der Waals surface area contributed by atoms with Crippen LogP contribution in [0.1, 0.15) is 12.5 Å². The van der Waals surface area contributed by atoms with E-state index < -0.39 is 0 Å². The predicted octanol–water partition coefficient (Wildman–Crippen LogP) is 1.64. The molecule has 12 heavy (non-hydrogen) atoms. The highest BCUT2D eigenvalue weighted by Gasteiger charge is 1.94. The van der Waals surface area contributed by atoms with Crippen LogP contribution < -0.4 is 0 Å². The van der Waals surface area contributed by atoms with Crippen LogP contribution in [0.4, 0.5) is 0 Å². The average molecular weight is 162 g/mol. The molecule has 1 nitrogen and oxygen atoms in total. The van der Waals surface area contributed by atoms with Gasteiger partial charge in [0.25, 0.3) is 0 Å². The third kappa shape index (κ3) is 3.58. The van der Waals surface area contributed by atoms with Crippen LogP contribution in [-0.4, -0.2) is 14.5 Å². The second kappa shape index (κ2) is 4.99. The fourth-order valence-corrected chi connectivity index (χ4v) is 0.987. The molecular weight excluding hydrogens is 147 g/mol. The van der Waals surface area contributed by atoms with Gasteiger partial charge in [-0.3, -0.25) is 0 Å². The highest BCUT2D eigenvalue weighted by atomic mass is 16.5. The molecule has 0 aliphatic heterocycles. The van der Waals surface area contributed by atoms with Gasteiger partial charge in [-0.05, 0) is 11.4 Å². The largest absolute Gasteiger partial charge is 0.377 e. The Morgan fingerprint density at radius 3 is 2.58 bits per heavy atom. The van der Waals surface area contributed by atoms with Crippen molar-refractivity contribution in [2.24, 2.45) is 0 Å². The Bertz CT molecular complexity index is 208. The topological polar surface area (TPSA) is 9.23 Å². The molecule has 1 rings (SSSR count). The van der Waals surface area contributed by atoms with Gasteiger partial charge in [-0.1, -0.05) is 37.3 Å². The lowest BCUT2D eigenvalue weighted by molar-refractivity contribution is 0.122. The second-order valence-corrected chi connectivity index (χ2v) is 3.39. The van der Waals surface area contributed by atoms with Gasteiger partial charge in [-0.2, -0.15) is 0 Å². The fraction of sp³-hybridized carbons (Fsp3) is 0.400. The average Bonchev–Trinajstić information content (AvgIpc) is 2.05. The molecule has 0 aliphatic rings. The minimum atomic E-state index is 0.619. The summed E-state index contributed by atoms with van der Waals surface area (Å²) in [4.78, 5) is 0. The molecule has 0 aromatic heterocycles. The van der Waals surface area contributed by atoms with Gasteiger partial charge in [0.15, 0.2) is 0 Å². The maximum atomic E-state index is 5.48. The molecule has 0 bridgehead atoms. The molecule has 0 unspecified atom stereocenters. The zero-order chi connectivity index (χ0) is 8.81. The van der Waals surface area contributed by atoms with Crippen LogP contribution in [0.15, 0.2) is 30.3 Å². The molecule has 0 amide bonds. The molecule has 0 saturated carbocycles. The van der Waals surface area contributed by atoms with E-state index >= 15 is 0 Å². The first-order chi connectivity index (χ1) is 5.79. The summed E-state index contributed by atoms with van der Waals surface area (Å²) in [7, 11) is 2.16. The van der Waals surface area contributed by atoms with Crippen molar-refractivity contribution in [3.63, 3.8) is 0 Å². The van der Waals surface area contributed by atoms with Gasteiger partial charge in [0.2, 0.25) is 0 Å². The summed E-state index contributed by atoms with van der Waals surface area (Å²) in [6, 6.07) is 10.3. The van der Waals surface area contributed by atoms with E-state index in [0.29, 0.717) is 5.82 Å². The molecule has 0 fully saturated rings. The minimum absolute atomic E-state index is 0.619. The lowest BCUT2D eigenvalue weighted by Crippen LogP contribution is -2.00. The molecule has 0 N–H and O–H groups in total. The van der Waals surface area contributed by atoms with Crippen molar-refractivity contribution in [1.29, 1.82) is 0 Å². The van der Waals surface area contributed by atoms with E-state index in [2.05, 4.69) is 26.9 Å². The smallest absolute Gasteiger partial charge is 0.108 e. The summed E-state index contributed by atoms with van der Waals surface area (Å²) >= 11 is 0. The second-order valence-electron chi connectivity index (χ2n) is 3.39. The third-order valence-corrected chi connectivity index (χ3v) is 1.56. The molecule has 0 spiro atoms. The summed E-state index contributed by atoms with van der Waals surface area (Å²) < 4.78 is 5.48. The summed E-state index contributed by atoms with van der Waals surface area (Å²) in [6.07, 6.45) is 0. The Morgan fingerprint density at radius 1 is 1.33 bits per heavy atom. The van der Waals surface area contributed by atoms with Gasteiger partial charge in [-0.25, -0.2) is 0 Å². The number of ether oxygens (including phenoxy) is 1. The van der Waals surface area contributed by atoms with Gasteiger partial charge >= 0.3 is 0 Å². The van der Waals surface area contributed by atoms with Gasteiger partial charge in [0, 0.05) is 6.61 Å². The van der Waals surface area contributed by atoms with E-state index in [4.69, 9.17) is 4.74 Å². The monoisotopic (exact) mass is 162 g/mol. The van der Waals surface area contributed by atoms with Crippen molar-refractivity contribution in [3.8, 4) is 0 Å². The highest BCUT2D eigenvalue weighted by molar-refractivity contribution is 6.11. The van der Waals surface area contributed by atoms with Crippen LogP contribution >= 0.6 is 0 Å². The molecule has 1 aromatic rings. The predicted molar refractivity (Wildman–Crippen MR) is 54.1 cm³/mol. The Balaban J connectivity index is 2.25. The van der Waals surface area contributed by atoms with Crippen molar-refractivity contribution < 1.29 is 4.74 Å². The van der Waals surface area contributed by atoms with Crippen LogP contribution in [0.2, 0.25) is 5.82 Å². The summed E-state index contributed by atoms with van der Waals surface area (Å²) in [6.45, 7) is 3.74. The van der Waals surface area contributed by atoms with E-state index in [0.717, 1.165) is 13.2 Å². The first-order valence-electron chi connectivity index (χ1n) is 4.40. The quantitative estimate of drug-likeness (QED) is 0.611. The van der Waals surface area contributed by atoms with Crippen molar-refractivity contribution in [2.75, 3.05) is 6.61 Å². The Labute approximate surface area is 75.2 Å². The molecule has 1 atom stereocenters. The molecule has 1 aromatic carbocycles. The van der Waals surface area contributed by atoms with Crippen molar-refractivity contribution in [2.45, 2.75) is 19.3 Å². The van der Waals surface area contributed by atoms with Crippen LogP contribution in [0, 0.1) is 0 Å². The maximum absolute atomic E-state index is 5.48.